The number of aromatic nitrogens is 2. The van der Waals surface area contributed by atoms with Gasteiger partial charge in [-0.15, -0.1) is 0 Å². The van der Waals surface area contributed by atoms with Crippen LogP contribution < -0.4 is 10.6 Å². The van der Waals surface area contributed by atoms with Crippen molar-refractivity contribution in [3.63, 3.8) is 0 Å². The van der Waals surface area contributed by atoms with E-state index in [1.54, 1.807) is 16.8 Å². The summed E-state index contributed by atoms with van der Waals surface area (Å²) in [6.45, 7) is 9.55. The van der Waals surface area contributed by atoms with Crippen molar-refractivity contribution in [2.24, 2.45) is 0 Å². The number of hydrogen-bond donors (Lipinski definition) is 2. The Balaban J connectivity index is 1.68. The second kappa shape index (κ2) is 8.31. The molecular weight excluding hydrogens is 364 g/mol. The third-order valence-corrected chi connectivity index (χ3v) is 4.73. The number of carbonyl (C=O) groups excluding carboxylic acids is 2. The van der Waals surface area contributed by atoms with E-state index < -0.39 is 0 Å². The molecule has 3 rings (SSSR count). The number of aryl methyl sites for hydroxylation is 4. The third kappa shape index (κ3) is 4.71. The topological polar surface area (TPSA) is 76.0 Å². The highest BCUT2D eigenvalue weighted by Gasteiger charge is 2.16. The highest BCUT2D eigenvalue weighted by Crippen LogP contribution is 2.23. The minimum Gasteiger partial charge on any atom is -0.343 e. The van der Waals surface area contributed by atoms with Gasteiger partial charge < -0.3 is 10.6 Å². The second-order valence-electron chi connectivity index (χ2n) is 7.40. The SMILES string of the molecule is Cc1ccc(-n2nc(C)c(NC(=O)CNC(=O)c3cc(C)cc(C)c3)c2C)cc1. The molecule has 1 heterocycles. The van der Waals surface area contributed by atoms with Crippen LogP contribution in [-0.2, 0) is 4.79 Å². The van der Waals surface area contributed by atoms with Crippen molar-refractivity contribution in [1.29, 1.82) is 0 Å². The van der Waals surface area contributed by atoms with Gasteiger partial charge in [0.25, 0.3) is 5.91 Å². The fourth-order valence-electron chi connectivity index (χ4n) is 3.31. The average Bonchev–Trinajstić information content (AvgIpc) is 2.94. The van der Waals surface area contributed by atoms with Crippen molar-refractivity contribution in [3.05, 3.63) is 76.1 Å². The van der Waals surface area contributed by atoms with E-state index in [1.807, 2.05) is 65.0 Å². The first-order chi connectivity index (χ1) is 13.7. The lowest BCUT2D eigenvalue weighted by Crippen LogP contribution is -2.33. The molecular formula is C23H26N4O2. The lowest BCUT2D eigenvalue weighted by molar-refractivity contribution is -0.115. The Morgan fingerprint density at radius 2 is 1.52 bits per heavy atom. The van der Waals surface area contributed by atoms with E-state index in [0.29, 0.717) is 11.3 Å². The van der Waals surface area contributed by atoms with Crippen LogP contribution in [-0.4, -0.2) is 28.1 Å². The molecule has 0 aliphatic rings. The summed E-state index contributed by atoms with van der Waals surface area (Å²) in [6.07, 6.45) is 0. The van der Waals surface area contributed by atoms with Gasteiger partial charge in [-0.3, -0.25) is 9.59 Å². The maximum absolute atomic E-state index is 12.4. The first-order valence-electron chi connectivity index (χ1n) is 9.54. The maximum Gasteiger partial charge on any atom is 0.251 e. The zero-order chi connectivity index (χ0) is 21.1. The monoisotopic (exact) mass is 390 g/mol. The summed E-state index contributed by atoms with van der Waals surface area (Å²) in [5.41, 5.74) is 6.88. The van der Waals surface area contributed by atoms with Crippen LogP contribution in [0.4, 0.5) is 5.69 Å². The molecule has 0 aliphatic heterocycles. The van der Waals surface area contributed by atoms with Gasteiger partial charge in [-0.25, -0.2) is 4.68 Å². The minimum absolute atomic E-state index is 0.111. The Kier molecular flexibility index (Phi) is 5.82. The van der Waals surface area contributed by atoms with E-state index in [9.17, 15) is 9.59 Å². The highest BCUT2D eigenvalue weighted by atomic mass is 16.2. The van der Waals surface area contributed by atoms with E-state index in [-0.39, 0.29) is 18.4 Å². The lowest BCUT2D eigenvalue weighted by atomic mass is 10.1. The molecule has 2 aromatic carbocycles. The highest BCUT2D eigenvalue weighted by molar-refractivity contribution is 5.99. The molecule has 0 bridgehead atoms. The molecule has 2 N–H and O–H groups in total. The van der Waals surface area contributed by atoms with Gasteiger partial charge in [0.1, 0.15) is 0 Å². The van der Waals surface area contributed by atoms with E-state index in [0.717, 1.165) is 28.2 Å². The second-order valence-corrected chi connectivity index (χ2v) is 7.40. The lowest BCUT2D eigenvalue weighted by Gasteiger charge is -2.09. The Labute approximate surface area is 170 Å². The Bertz CT molecular complexity index is 1040. The molecule has 2 amide bonds. The molecule has 0 spiro atoms. The Hall–Kier alpha value is -3.41. The zero-order valence-corrected chi connectivity index (χ0v) is 17.5. The number of amides is 2. The summed E-state index contributed by atoms with van der Waals surface area (Å²) in [6, 6.07) is 13.6. The van der Waals surface area contributed by atoms with Gasteiger partial charge in [0, 0.05) is 5.56 Å². The van der Waals surface area contributed by atoms with Crippen LogP contribution in [0, 0.1) is 34.6 Å². The molecule has 1 aromatic heterocycles. The molecule has 0 radical (unpaired) electrons. The molecule has 0 aliphatic carbocycles. The first kappa shape index (κ1) is 20.3. The number of benzene rings is 2. The number of nitrogens with one attached hydrogen (secondary N) is 2. The van der Waals surface area contributed by atoms with Crippen LogP contribution in [0.15, 0.2) is 42.5 Å². The number of carbonyl (C=O) groups is 2. The molecule has 3 aromatic rings. The molecule has 6 heteroatoms. The quantitative estimate of drug-likeness (QED) is 0.696. The predicted octanol–water partition coefficient (Wildman–Crippen LogP) is 3.78. The van der Waals surface area contributed by atoms with Gasteiger partial charge in [0.2, 0.25) is 5.91 Å². The molecule has 29 heavy (non-hydrogen) atoms. The van der Waals surface area contributed by atoms with Crippen LogP contribution in [0.3, 0.4) is 0 Å². The van der Waals surface area contributed by atoms with E-state index in [1.165, 1.54) is 5.56 Å². The minimum atomic E-state index is -0.294. The molecule has 0 fully saturated rings. The first-order valence-corrected chi connectivity index (χ1v) is 9.54. The Morgan fingerprint density at radius 1 is 0.897 bits per heavy atom. The van der Waals surface area contributed by atoms with Gasteiger partial charge in [0.15, 0.2) is 0 Å². The molecule has 0 saturated heterocycles. The third-order valence-electron chi connectivity index (χ3n) is 4.73. The number of rotatable bonds is 5. The van der Waals surface area contributed by atoms with Crippen molar-refractivity contribution in [2.45, 2.75) is 34.6 Å². The number of nitrogens with zero attached hydrogens (tertiary/aromatic N) is 2. The van der Waals surface area contributed by atoms with Gasteiger partial charge >= 0.3 is 0 Å². The average molecular weight is 390 g/mol. The smallest absolute Gasteiger partial charge is 0.251 e. The standard InChI is InChI=1S/C23H26N4O2/c1-14-6-8-20(9-7-14)27-18(5)22(17(4)26-27)25-21(28)13-24-23(29)19-11-15(2)10-16(3)12-19/h6-12H,13H2,1-5H3,(H,24,29)(H,25,28). The number of anilines is 1. The van der Waals surface area contributed by atoms with Gasteiger partial charge in [0.05, 0.1) is 29.3 Å². The van der Waals surface area contributed by atoms with E-state index >= 15 is 0 Å². The molecule has 150 valence electrons. The molecule has 6 nitrogen and oxygen atoms in total. The number of hydrogen-bond acceptors (Lipinski definition) is 3. The van der Waals surface area contributed by atoms with Gasteiger partial charge in [-0.1, -0.05) is 34.9 Å². The predicted molar refractivity (Wildman–Crippen MR) is 115 cm³/mol. The van der Waals surface area contributed by atoms with Crippen molar-refractivity contribution >= 4 is 17.5 Å². The van der Waals surface area contributed by atoms with Crippen molar-refractivity contribution < 1.29 is 9.59 Å². The van der Waals surface area contributed by atoms with Crippen LogP contribution in [0.2, 0.25) is 0 Å². The largest absolute Gasteiger partial charge is 0.343 e. The Morgan fingerprint density at radius 3 is 2.14 bits per heavy atom. The van der Waals surface area contributed by atoms with Gasteiger partial charge in [-0.2, -0.15) is 5.10 Å². The van der Waals surface area contributed by atoms with Crippen LogP contribution in [0.1, 0.15) is 38.4 Å². The summed E-state index contributed by atoms with van der Waals surface area (Å²) in [4.78, 5) is 24.8. The van der Waals surface area contributed by atoms with Crippen LogP contribution >= 0.6 is 0 Å². The normalized spacial score (nSPS) is 10.7. The fraction of sp³-hybridized carbons (Fsp3) is 0.261. The summed E-state index contributed by atoms with van der Waals surface area (Å²) < 4.78 is 1.80. The molecule has 0 atom stereocenters. The van der Waals surface area contributed by atoms with E-state index in [2.05, 4.69) is 15.7 Å². The van der Waals surface area contributed by atoms with Crippen molar-refractivity contribution in [3.8, 4) is 5.69 Å². The molecule has 0 saturated carbocycles. The summed E-state index contributed by atoms with van der Waals surface area (Å²) in [5.74, 6) is -0.562. The zero-order valence-electron chi connectivity index (χ0n) is 17.5. The maximum atomic E-state index is 12.4. The fourth-order valence-corrected chi connectivity index (χ4v) is 3.31. The van der Waals surface area contributed by atoms with E-state index in [4.69, 9.17) is 0 Å². The molecule has 0 unspecified atom stereocenters. The summed E-state index contributed by atoms with van der Waals surface area (Å²) >= 11 is 0. The van der Waals surface area contributed by atoms with Gasteiger partial charge in [-0.05, 0) is 58.9 Å². The van der Waals surface area contributed by atoms with Crippen LogP contribution in [0.5, 0.6) is 0 Å². The summed E-state index contributed by atoms with van der Waals surface area (Å²) in [7, 11) is 0. The summed E-state index contributed by atoms with van der Waals surface area (Å²) in [5, 5.41) is 10.1. The van der Waals surface area contributed by atoms with Crippen molar-refractivity contribution in [1.82, 2.24) is 15.1 Å². The van der Waals surface area contributed by atoms with Crippen molar-refractivity contribution in [2.75, 3.05) is 11.9 Å². The van der Waals surface area contributed by atoms with Crippen LogP contribution in [0.25, 0.3) is 5.69 Å².